The lowest BCUT2D eigenvalue weighted by Crippen LogP contribution is -2.30. The summed E-state index contributed by atoms with van der Waals surface area (Å²) in [6.45, 7) is 4.24. The number of pyridine rings is 1. The molecule has 0 unspecified atom stereocenters. The van der Waals surface area contributed by atoms with Gasteiger partial charge in [-0.1, -0.05) is 0 Å². The van der Waals surface area contributed by atoms with Gasteiger partial charge in [-0.25, -0.2) is 9.97 Å². The van der Waals surface area contributed by atoms with Crippen molar-refractivity contribution in [3.05, 3.63) is 45.5 Å². The van der Waals surface area contributed by atoms with E-state index in [4.69, 9.17) is 5.73 Å². The zero-order valence-electron chi connectivity index (χ0n) is 15.1. The second kappa shape index (κ2) is 6.99. The van der Waals surface area contributed by atoms with E-state index in [-0.39, 0.29) is 11.9 Å². The van der Waals surface area contributed by atoms with Crippen molar-refractivity contribution in [1.29, 1.82) is 0 Å². The van der Waals surface area contributed by atoms with Gasteiger partial charge in [-0.15, -0.1) is 0 Å². The average molecular weight is 352 g/mol. The summed E-state index contributed by atoms with van der Waals surface area (Å²) >= 11 is 0. The molecule has 26 heavy (non-hydrogen) atoms. The molecule has 2 aromatic heterocycles. The Balaban J connectivity index is 1.58. The Morgan fingerprint density at radius 2 is 2.08 bits per heavy atom. The maximum absolute atomic E-state index is 12.8. The molecule has 2 aliphatic rings. The molecule has 1 aliphatic carbocycles. The minimum atomic E-state index is -0.178. The van der Waals surface area contributed by atoms with Crippen LogP contribution in [0.3, 0.4) is 0 Å². The minimum Gasteiger partial charge on any atom is -0.368 e. The number of amides is 1. The highest BCUT2D eigenvalue weighted by Gasteiger charge is 2.22. The summed E-state index contributed by atoms with van der Waals surface area (Å²) in [5.74, 6) is -0.000000478. The van der Waals surface area contributed by atoms with Gasteiger partial charge in [-0.3, -0.25) is 9.78 Å². The molecular formula is C19H24N6O. The normalized spacial score (nSPS) is 15.9. The van der Waals surface area contributed by atoms with Crippen LogP contribution in [-0.2, 0) is 32.4 Å². The number of anilines is 1. The van der Waals surface area contributed by atoms with Crippen molar-refractivity contribution in [2.45, 2.75) is 52.1 Å². The Morgan fingerprint density at radius 3 is 2.96 bits per heavy atom. The number of nitrogens with zero attached hydrogens (tertiary/aromatic N) is 3. The molecule has 0 bridgehead atoms. The van der Waals surface area contributed by atoms with Crippen LogP contribution in [0.25, 0.3) is 0 Å². The number of aryl methyl sites for hydroxylation is 2. The monoisotopic (exact) mass is 352 g/mol. The molecule has 0 atom stereocenters. The Bertz CT molecular complexity index is 864. The first kappa shape index (κ1) is 16.9. The summed E-state index contributed by atoms with van der Waals surface area (Å²) in [7, 11) is 0. The van der Waals surface area contributed by atoms with Crippen molar-refractivity contribution in [2.75, 3.05) is 12.3 Å². The third kappa shape index (κ3) is 3.14. The van der Waals surface area contributed by atoms with E-state index in [0.29, 0.717) is 12.2 Å². The first-order valence-corrected chi connectivity index (χ1v) is 9.24. The van der Waals surface area contributed by atoms with Gasteiger partial charge in [0.05, 0.1) is 0 Å². The molecule has 0 saturated carbocycles. The smallest absolute Gasteiger partial charge is 0.270 e. The predicted molar refractivity (Wildman–Crippen MR) is 98.6 cm³/mol. The van der Waals surface area contributed by atoms with E-state index in [1.54, 1.807) is 0 Å². The largest absolute Gasteiger partial charge is 0.368 e. The fourth-order valence-electron chi connectivity index (χ4n) is 3.93. The number of rotatable bonds is 3. The van der Waals surface area contributed by atoms with Crippen molar-refractivity contribution >= 4 is 11.9 Å². The van der Waals surface area contributed by atoms with E-state index in [9.17, 15) is 4.79 Å². The Labute approximate surface area is 152 Å². The minimum absolute atomic E-state index is 0.178. The molecule has 4 N–H and O–H groups in total. The van der Waals surface area contributed by atoms with Crippen LogP contribution in [0.2, 0.25) is 0 Å². The second-order valence-electron chi connectivity index (χ2n) is 7.00. The molecule has 7 nitrogen and oxygen atoms in total. The number of hydrogen-bond acceptors (Lipinski definition) is 6. The molecule has 1 aliphatic heterocycles. The first-order valence-electron chi connectivity index (χ1n) is 9.24. The SMILES string of the molecule is Cc1ncc2c(c1CNC(=O)c1nc(N)nc3c1CCCC3)CCNC2. The van der Waals surface area contributed by atoms with Crippen molar-refractivity contribution in [2.24, 2.45) is 0 Å². The molecule has 7 heteroatoms. The molecule has 1 amide bonds. The summed E-state index contributed by atoms with van der Waals surface area (Å²) in [6, 6.07) is 0. The summed E-state index contributed by atoms with van der Waals surface area (Å²) in [5.41, 5.74) is 12.7. The zero-order chi connectivity index (χ0) is 18.1. The fourth-order valence-corrected chi connectivity index (χ4v) is 3.93. The van der Waals surface area contributed by atoms with Crippen LogP contribution in [0.1, 0.15) is 57.0 Å². The molecule has 0 saturated heterocycles. The van der Waals surface area contributed by atoms with Crippen molar-refractivity contribution in [1.82, 2.24) is 25.6 Å². The third-order valence-electron chi connectivity index (χ3n) is 5.31. The third-order valence-corrected chi connectivity index (χ3v) is 5.31. The Hall–Kier alpha value is -2.54. The summed E-state index contributed by atoms with van der Waals surface area (Å²) in [6.07, 6.45) is 6.74. The predicted octanol–water partition coefficient (Wildman–Crippen LogP) is 1.22. The van der Waals surface area contributed by atoms with E-state index in [1.807, 2.05) is 13.1 Å². The molecule has 3 heterocycles. The highest BCUT2D eigenvalue weighted by molar-refractivity contribution is 5.94. The number of nitrogen functional groups attached to an aromatic ring is 1. The lowest BCUT2D eigenvalue weighted by atomic mass is 9.94. The number of carbonyl (C=O) groups is 1. The zero-order valence-corrected chi connectivity index (χ0v) is 15.1. The molecule has 0 radical (unpaired) electrons. The van der Waals surface area contributed by atoms with Gasteiger partial charge < -0.3 is 16.4 Å². The number of carbonyl (C=O) groups excluding carboxylic acids is 1. The standard InChI is InChI=1S/C19H24N6O/c1-11-15(13-6-7-21-8-12(13)9-22-11)10-23-18(26)17-14-4-2-3-5-16(14)24-19(20)25-17/h9,21H,2-8,10H2,1H3,(H,23,26)(H2,20,24,25). The lowest BCUT2D eigenvalue weighted by Gasteiger charge is -2.22. The summed E-state index contributed by atoms with van der Waals surface area (Å²) in [4.78, 5) is 25.9. The molecule has 136 valence electrons. The van der Waals surface area contributed by atoms with Gasteiger partial charge in [0.1, 0.15) is 5.69 Å². The Kier molecular flexibility index (Phi) is 4.55. The molecule has 0 fully saturated rings. The van der Waals surface area contributed by atoms with E-state index >= 15 is 0 Å². The van der Waals surface area contributed by atoms with Gasteiger partial charge in [-0.2, -0.15) is 0 Å². The lowest BCUT2D eigenvalue weighted by molar-refractivity contribution is 0.0944. The van der Waals surface area contributed by atoms with Gasteiger partial charge in [-0.05, 0) is 62.3 Å². The summed E-state index contributed by atoms with van der Waals surface area (Å²) < 4.78 is 0. The van der Waals surface area contributed by atoms with Crippen LogP contribution in [0.4, 0.5) is 5.95 Å². The quantitative estimate of drug-likeness (QED) is 0.767. The number of fused-ring (bicyclic) bond motifs is 2. The van der Waals surface area contributed by atoms with Crippen molar-refractivity contribution in [3.8, 4) is 0 Å². The maximum atomic E-state index is 12.8. The van der Waals surface area contributed by atoms with Crippen LogP contribution >= 0.6 is 0 Å². The van der Waals surface area contributed by atoms with Gasteiger partial charge in [0.25, 0.3) is 5.91 Å². The number of nitrogens with one attached hydrogen (secondary N) is 2. The molecular weight excluding hydrogens is 328 g/mol. The van der Waals surface area contributed by atoms with Crippen LogP contribution in [0.15, 0.2) is 6.20 Å². The van der Waals surface area contributed by atoms with Crippen molar-refractivity contribution in [3.63, 3.8) is 0 Å². The van der Waals surface area contributed by atoms with Gasteiger partial charge in [0, 0.05) is 36.2 Å². The van der Waals surface area contributed by atoms with E-state index in [0.717, 1.165) is 67.7 Å². The average Bonchev–Trinajstić information content (AvgIpc) is 2.66. The van der Waals surface area contributed by atoms with E-state index in [1.165, 1.54) is 11.1 Å². The fraction of sp³-hybridized carbons (Fsp3) is 0.474. The number of nitrogens with two attached hydrogens (primary N) is 1. The van der Waals surface area contributed by atoms with Gasteiger partial charge >= 0.3 is 0 Å². The van der Waals surface area contributed by atoms with E-state index < -0.39 is 0 Å². The highest BCUT2D eigenvalue weighted by atomic mass is 16.1. The highest BCUT2D eigenvalue weighted by Crippen LogP contribution is 2.24. The van der Waals surface area contributed by atoms with Gasteiger partial charge in [0.2, 0.25) is 5.95 Å². The first-order chi connectivity index (χ1) is 12.6. The maximum Gasteiger partial charge on any atom is 0.270 e. The molecule has 2 aromatic rings. The second-order valence-corrected chi connectivity index (χ2v) is 7.00. The topological polar surface area (TPSA) is 106 Å². The van der Waals surface area contributed by atoms with Crippen LogP contribution in [-0.4, -0.2) is 27.4 Å². The van der Waals surface area contributed by atoms with Crippen LogP contribution < -0.4 is 16.4 Å². The molecule has 0 aromatic carbocycles. The van der Waals surface area contributed by atoms with Crippen LogP contribution in [0, 0.1) is 6.92 Å². The number of aromatic nitrogens is 3. The van der Waals surface area contributed by atoms with Crippen molar-refractivity contribution < 1.29 is 4.79 Å². The summed E-state index contributed by atoms with van der Waals surface area (Å²) in [5, 5.41) is 6.40. The Morgan fingerprint density at radius 1 is 1.23 bits per heavy atom. The van der Waals surface area contributed by atoms with Gasteiger partial charge in [0.15, 0.2) is 0 Å². The van der Waals surface area contributed by atoms with E-state index in [2.05, 4.69) is 25.6 Å². The molecule has 0 spiro atoms. The number of hydrogen-bond donors (Lipinski definition) is 3. The molecule has 4 rings (SSSR count). The van der Waals surface area contributed by atoms with Crippen LogP contribution in [0.5, 0.6) is 0 Å².